The maximum atomic E-state index is 13.5. The van der Waals surface area contributed by atoms with E-state index >= 15 is 0 Å². The fraction of sp³-hybridized carbons (Fsp3) is 0.333. The molecule has 312 valence electrons. The Labute approximate surface area is 336 Å². The molecule has 5 amide bonds. The van der Waals surface area contributed by atoms with E-state index in [0.717, 1.165) is 9.95 Å². The molecule has 20 nitrogen and oxygen atoms in total. The predicted octanol–water partition coefficient (Wildman–Crippen LogP) is 0.820. The number of carbonyl (C=O) groups excluding carboxylic acids is 4. The van der Waals surface area contributed by atoms with E-state index in [0.29, 0.717) is 22.5 Å². The van der Waals surface area contributed by atoms with Gasteiger partial charge in [-0.05, 0) is 68.5 Å². The van der Waals surface area contributed by atoms with Gasteiger partial charge in [-0.15, -0.1) is 0 Å². The molecule has 20 heteroatoms. The number of nitrogens with one attached hydrogen (secondary N) is 5. The number of aliphatic carboxylic acids is 3. The summed E-state index contributed by atoms with van der Waals surface area (Å²) in [5, 5.41) is 50.5. The highest BCUT2D eigenvalue weighted by Crippen LogP contribution is 2.14. The molecule has 4 aromatic rings. The van der Waals surface area contributed by atoms with Crippen LogP contribution in [0.3, 0.4) is 0 Å². The number of pyridine rings is 3. The predicted molar refractivity (Wildman–Crippen MR) is 208 cm³/mol. The van der Waals surface area contributed by atoms with Crippen LogP contribution in [0.4, 0.5) is 4.79 Å². The largest absolute Gasteiger partial charge is 0.503 e. The van der Waals surface area contributed by atoms with E-state index < -0.39 is 83.9 Å². The molecule has 3 heterocycles. The third-order valence-electron chi connectivity index (χ3n) is 8.98. The number of nitrogens with zero attached hydrogens (tertiary/aromatic N) is 3. The van der Waals surface area contributed by atoms with E-state index in [1.807, 2.05) is 24.3 Å². The van der Waals surface area contributed by atoms with E-state index in [-0.39, 0.29) is 51.0 Å². The monoisotopic (exact) mass is 816 g/mol. The number of amides is 5. The van der Waals surface area contributed by atoms with Crippen molar-refractivity contribution in [1.82, 2.24) is 41.1 Å². The fourth-order valence-electron chi connectivity index (χ4n) is 5.74. The maximum absolute atomic E-state index is 13.5. The summed E-state index contributed by atoms with van der Waals surface area (Å²) in [7, 11) is 0. The van der Waals surface area contributed by atoms with Crippen LogP contribution in [0.1, 0.15) is 59.5 Å². The van der Waals surface area contributed by atoms with E-state index in [1.54, 1.807) is 25.1 Å². The lowest BCUT2D eigenvalue weighted by atomic mass is 10.1. The van der Waals surface area contributed by atoms with Gasteiger partial charge in [0, 0.05) is 48.9 Å². The molecule has 0 aliphatic rings. The SMILES string of the molecule is Cc1ccc(O)c(=O)n1CC(=O)NCc1ccc(C(=O)N[C@@H](Cc2ccc3ccccc3n2)C(=O)NCCCC[C@H](NC(=O)N[C@H](CCC(=O)O)C(=O)O)C(=O)O)nc1. The molecule has 0 spiro atoms. The van der Waals surface area contributed by atoms with Crippen LogP contribution in [-0.4, -0.2) is 101 Å². The van der Waals surface area contributed by atoms with Crippen LogP contribution in [0.25, 0.3) is 10.9 Å². The standard InChI is InChI=1S/C39H44N8O12/c1-22-9-15-31(48)36(54)47(22)21-32(49)42-20-23-10-13-27(41-19-23)35(53)44-30(18-25-12-11-24-6-2-3-7-26(24)43-25)34(52)40-17-5-4-8-28(37(55)56)45-39(59)46-29(38(57)58)14-16-33(50)51/h2-3,6-7,9-13,15,19,28-30,48H,4-5,8,14,16-18,20-21H2,1H3,(H,40,52)(H,42,49)(H,44,53)(H,50,51)(H,55,56)(H,57,58)(H2,45,46,59)/t28-,29+,30-/m0/s1. The number of hydrogen-bond donors (Lipinski definition) is 9. The average molecular weight is 817 g/mol. The number of para-hydroxylation sites is 1. The van der Waals surface area contributed by atoms with Crippen molar-refractivity contribution in [3.8, 4) is 5.75 Å². The highest BCUT2D eigenvalue weighted by atomic mass is 16.4. The number of aromatic nitrogens is 3. The minimum absolute atomic E-state index is 0.00179. The minimum atomic E-state index is -1.55. The second-order valence-corrected chi connectivity index (χ2v) is 13.4. The molecule has 3 aromatic heterocycles. The molecule has 0 fully saturated rings. The van der Waals surface area contributed by atoms with Gasteiger partial charge in [0.2, 0.25) is 11.8 Å². The molecule has 0 unspecified atom stereocenters. The molecule has 3 atom stereocenters. The Balaban J connectivity index is 1.34. The molecule has 0 saturated heterocycles. The number of urea groups is 1. The van der Waals surface area contributed by atoms with Gasteiger partial charge in [-0.25, -0.2) is 14.4 Å². The molecule has 0 radical (unpaired) electrons. The first kappa shape index (κ1) is 44.3. The van der Waals surface area contributed by atoms with Gasteiger partial charge in [0.15, 0.2) is 5.75 Å². The number of benzene rings is 1. The molecule has 0 bridgehead atoms. The van der Waals surface area contributed by atoms with E-state index in [4.69, 9.17) is 5.11 Å². The van der Waals surface area contributed by atoms with Gasteiger partial charge < -0.3 is 51.6 Å². The van der Waals surface area contributed by atoms with Gasteiger partial charge >= 0.3 is 23.9 Å². The Morgan fingerprint density at radius 2 is 1.49 bits per heavy atom. The zero-order valence-electron chi connectivity index (χ0n) is 31.8. The summed E-state index contributed by atoms with van der Waals surface area (Å²) in [5.41, 5.74) is 1.47. The Morgan fingerprint density at radius 3 is 2.17 bits per heavy atom. The first-order valence-corrected chi connectivity index (χ1v) is 18.4. The van der Waals surface area contributed by atoms with Crippen LogP contribution in [0.15, 0.2) is 71.7 Å². The van der Waals surface area contributed by atoms with Crippen molar-refractivity contribution in [2.24, 2.45) is 0 Å². The van der Waals surface area contributed by atoms with Gasteiger partial charge in [-0.3, -0.25) is 33.9 Å². The highest BCUT2D eigenvalue weighted by molar-refractivity contribution is 5.96. The van der Waals surface area contributed by atoms with E-state index in [1.165, 1.54) is 24.4 Å². The van der Waals surface area contributed by atoms with E-state index in [9.17, 15) is 53.7 Å². The van der Waals surface area contributed by atoms with Gasteiger partial charge in [-0.1, -0.05) is 30.3 Å². The van der Waals surface area contributed by atoms with Gasteiger partial charge in [-0.2, -0.15) is 0 Å². The number of fused-ring (bicyclic) bond motifs is 1. The lowest BCUT2D eigenvalue weighted by Gasteiger charge is -2.19. The van der Waals surface area contributed by atoms with Crippen LogP contribution in [0.5, 0.6) is 5.75 Å². The quantitative estimate of drug-likeness (QED) is 0.0526. The zero-order chi connectivity index (χ0) is 43.1. The topological polar surface area (TPSA) is 308 Å². The van der Waals surface area contributed by atoms with Gasteiger partial charge in [0.05, 0.1) is 5.52 Å². The number of unbranched alkanes of at least 4 members (excludes halogenated alkanes) is 1. The third kappa shape index (κ3) is 13.7. The molecule has 59 heavy (non-hydrogen) atoms. The second kappa shape index (κ2) is 21.2. The normalized spacial score (nSPS) is 12.4. The van der Waals surface area contributed by atoms with Gasteiger partial charge in [0.1, 0.15) is 30.4 Å². The Kier molecular flexibility index (Phi) is 16.0. The Morgan fingerprint density at radius 1 is 0.780 bits per heavy atom. The third-order valence-corrected chi connectivity index (χ3v) is 8.98. The number of aromatic hydroxyl groups is 1. The van der Waals surface area contributed by atoms with Crippen molar-refractivity contribution in [1.29, 1.82) is 0 Å². The van der Waals surface area contributed by atoms with Crippen LogP contribution in [-0.2, 0) is 43.5 Å². The highest BCUT2D eigenvalue weighted by Gasteiger charge is 2.26. The summed E-state index contributed by atoms with van der Waals surface area (Å²) in [6.07, 6.45) is 0.798. The summed E-state index contributed by atoms with van der Waals surface area (Å²) < 4.78 is 1.13. The number of rotatable bonds is 21. The average Bonchev–Trinajstić information content (AvgIpc) is 3.20. The van der Waals surface area contributed by atoms with E-state index in [2.05, 4.69) is 36.6 Å². The van der Waals surface area contributed by atoms with Crippen LogP contribution in [0.2, 0.25) is 0 Å². The Hall–Kier alpha value is -7.38. The summed E-state index contributed by atoms with van der Waals surface area (Å²) >= 11 is 0. The zero-order valence-corrected chi connectivity index (χ0v) is 31.8. The maximum Gasteiger partial charge on any atom is 0.326 e. The summed E-state index contributed by atoms with van der Waals surface area (Å²) in [6, 6.07) is 11.5. The molecule has 4 rings (SSSR count). The number of aryl methyl sites for hydroxylation is 1. The summed E-state index contributed by atoms with van der Waals surface area (Å²) in [4.78, 5) is 107. The fourth-order valence-corrected chi connectivity index (χ4v) is 5.74. The van der Waals surface area contributed by atoms with Crippen molar-refractivity contribution in [3.63, 3.8) is 0 Å². The van der Waals surface area contributed by atoms with Crippen molar-refractivity contribution in [3.05, 3.63) is 99.9 Å². The lowest BCUT2D eigenvalue weighted by molar-refractivity contribution is -0.141. The van der Waals surface area contributed by atoms with Crippen LogP contribution >= 0.6 is 0 Å². The first-order valence-electron chi connectivity index (χ1n) is 18.4. The Bertz CT molecular complexity index is 2250. The van der Waals surface area contributed by atoms with Gasteiger partial charge in [0.25, 0.3) is 11.5 Å². The molecular weight excluding hydrogens is 772 g/mol. The minimum Gasteiger partial charge on any atom is -0.503 e. The number of carbonyl (C=O) groups is 7. The van der Waals surface area contributed by atoms with Crippen molar-refractivity contribution >= 4 is 52.6 Å². The number of carboxylic acid groups (broad SMARTS) is 3. The molecule has 0 saturated carbocycles. The number of carboxylic acids is 3. The molecule has 0 aliphatic heterocycles. The van der Waals surface area contributed by atoms with Crippen LogP contribution < -0.4 is 32.1 Å². The van der Waals surface area contributed by atoms with Crippen LogP contribution in [0, 0.1) is 6.92 Å². The molecule has 0 aliphatic carbocycles. The van der Waals surface area contributed by atoms with Crippen molar-refractivity contribution in [2.75, 3.05) is 6.54 Å². The smallest absolute Gasteiger partial charge is 0.326 e. The lowest BCUT2D eigenvalue weighted by Crippen LogP contribution is -2.51. The molecule has 9 N–H and O–H groups in total. The summed E-state index contributed by atoms with van der Waals surface area (Å²) in [6.45, 7) is 1.38. The summed E-state index contributed by atoms with van der Waals surface area (Å²) in [5.74, 6) is -6.37. The van der Waals surface area contributed by atoms with Crippen molar-refractivity contribution < 1.29 is 54.0 Å². The second-order valence-electron chi connectivity index (χ2n) is 13.4. The number of hydrogen-bond acceptors (Lipinski definition) is 11. The molecule has 1 aromatic carbocycles. The van der Waals surface area contributed by atoms with Crippen molar-refractivity contribution in [2.45, 2.75) is 76.7 Å². The molecular formula is C39H44N8O12. The first-order chi connectivity index (χ1) is 28.1.